The van der Waals surface area contributed by atoms with Crippen LogP contribution in [0.5, 0.6) is 0 Å². The normalized spacial score (nSPS) is 27.3. The second-order valence-corrected chi connectivity index (χ2v) is 6.98. The lowest BCUT2D eigenvalue weighted by atomic mass is 9.97. The molecule has 0 bridgehead atoms. The fourth-order valence-electron chi connectivity index (χ4n) is 3.26. The van der Waals surface area contributed by atoms with Gasteiger partial charge in [0.1, 0.15) is 18.2 Å². The van der Waals surface area contributed by atoms with E-state index in [1.807, 2.05) is 60.7 Å². The molecule has 6 heteroatoms. The minimum Gasteiger partial charge on any atom is -0.388 e. The van der Waals surface area contributed by atoms with E-state index in [1.165, 1.54) is 6.92 Å². The second-order valence-electron chi connectivity index (χ2n) is 6.98. The summed E-state index contributed by atoms with van der Waals surface area (Å²) in [6.07, 6.45) is -2.78. The van der Waals surface area contributed by atoms with Crippen molar-refractivity contribution in [2.75, 3.05) is 0 Å². The van der Waals surface area contributed by atoms with Crippen molar-refractivity contribution in [2.45, 2.75) is 57.7 Å². The van der Waals surface area contributed by atoms with Crippen molar-refractivity contribution in [1.29, 1.82) is 0 Å². The van der Waals surface area contributed by atoms with Crippen LogP contribution in [-0.2, 0) is 32.2 Å². The smallest absolute Gasteiger partial charge is 0.217 e. The Kier molecular flexibility index (Phi) is 7.17. The highest BCUT2D eigenvalue weighted by Gasteiger charge is 2.45. The first-order valence-electron chi connectivity index (χ1n) is 9.46. The van der Waals surface area contributed by atoms with Crippen molar-refractivity contribution >= 4 is 5.91 Å². The minimum atomic E-state index is -0.892. The van der Waals surface area contributed by atoms with Crippen molar-refractivity contribution in [3.05, 3.63) is 71.8 Å². The average molecular weight is 385 g/mol. The summed E-state index contributed by atoms with van der Waals surface area (Å²) in [6.45, 7) is 3.84. The second kappa shape index (κ2) is 9.80. The molecule has 1 unspecified atom stereocenters. The van der Waals surface area contributed by atoms with Gasteiger partial charge in [0.25, 0.3) is 0 Å². The lowest BCUT2D eigenvalue weighted by Crippen LogP contribution is -2.64. The predicted octanol–water partition coefficient (Wildman–Crippen LogP) is 2.40. The zero-order chi connectivity index (χ0) is 19.9. The first-order valence-corrected chi connectivity index (χ1v) is 9.46. The van der Waals surface area contributed by atoms with Crippen molar-refractivity contribution in [3.8, 4) is 0 Å². The van der Waals surface area contributed by atoms with Crippen LogP contribution in [0.4, 0.5) is 0 Å². The van der Waals surface area contributed by atoms with Crippen molar-refractivity contribution in [1.82, 2.24) is 5.32 Å². The van der Waals surface area contributed by atoms with E-state index >= 15 is 0 Å². The summed E-state index contributed by atoms with van der Waals surface area (Å²) < 4.78 is 17.8. The lowest BCUT2D eigenvalue weighted by molar-refractivity contribution is -0.272. The molecule has 1 aliphatic rings. The van der Waals surface area contributed by atoms with Crippen LogP contribution >= 0.6 is 0 Å². The average Bonchev–Trinajstić information content (AvgIpc) is 2.70. The van der Waals surface area contributed by atoms with Gasteiger partial charge in [0.15, 0.2) is 6.29 Å². The fraction of sp³-hybridized carbons (Fsp3) is 0.409. The molecule has 150 valence electrons. The maximum Gasteiger partial charge on any atom is 0.217 e. The van der Waals surface area contributed by atoms with Crippen molar-refractivity contribution < 1.29 is 24.1 Å². The molecule has 1 heterocycles. The van der Waals surface area contributed by atoms with E-state index in [1.54, 1.807) is 6.92 Å². The zero-order valence-electron chi connectivity index (χ0n) is 16.2. The molecule has 2 aromatic rings. The van der Waals surface area contributed by atoms with Gasteiger partial charge in [-0.3, -0.25) is 4.79 Å². The first kappa shape index (κ1) is 20.5. The van der Waals surface area contributed by atoms with Gasteiger partial charge in [-0.1, -0.05) is 60.7 Å². The molecule has 6 nitrogen and oxygen atoms in total. The SMILES string of the molecule is CC(=O)N[C@@H]1C(OCc2ccccc2)O[C@@H](C)[C@@H](O)[C@H]1OCc1ccccc1. The summed E-state index contributed by atoms with van der Waals surface area (Å²) in [7, 11) is 0. The van der Waals surface area contributed by atoms with Gasteiger partial charge >= 0.3 is 0 Å². The predicted molar refractivity (Wildman–Crippen MR) is 104 cm³/mol. The molecule has 0 aliphatic carbocycles. The summed E-state index contributed by atoms with van der Waals surface area (Å²) >= 11 is 0. The molecule has 1 fully saturated rings. The standard InChI is InChI=1S/C22H27NO5/c1-15-20(25)21(26-13-17-9-5-3-6-10-17)19(23-16(2)24)22(28-15)27-14-18-11-7-4-8-12-18/h3-12,15,19-22,25H,13-14H2,1-2H3,(H,23,24)/t15-,19-,20+,21-,22?/m0/s1. The van der Waals surface area contributed by atoms with Crippen LogP contribution in [0.15, 0.2) is 60.7 Å². The Morgan fingerprint density at radius 1 is 1.00 bits per heavy atom. The van der Waals surface area contributed by atoms with Crippen LogP contribution in [0.1, 0.15) is 25.0 Å². The Morgan fingerprint density at radius 3 is 2.07 bits per heavy atom. The number of hydrogen-bond donors (Lipinski definition) is 2. The highest BCUT2D eigenvalue weighted by Crippen LogP contribution is 2.26. The lowest BCUT2D eigenvalue weighted by Gasteiger charge is -2.43. The van der Waals surface area contributed by atoms with Gasteiger partial charge in [-0.2, -0.15) is 0 Å². The number of nitrogens with one attached hydrogen (secondary N) is 1. The Bertz CT molecular complexity index is 739. The number of hydrogen-bond acceptors (Lipinski definition) is 5. The summed E-state index contributed by atoms with van der Waals surface area (Å²) in [4.78, 5) is 11.8. The van der Waals surface area contributed by atoms with Crippen LogP contribution in [0.2, 0.25) is 0 Å². The number of carbonyl (C=O) groups excluding carboxylic acids is 1. The molecule has 5 atom stereocenters. The van der Waals surface area contributed by atoms with Crippen LogP contribution in [0, 0.1) is 0 Å². The highest BCUT2D eigenvalue weighted by atomic mass is 16.7. The molecule has 1 amide bonds. The summed E-state index contributed by atoms with van der Waals surface area (Å²) in [5.41, 5.74) is 1.98. The third kappa shape index (κ3) is 5.39. The van der Waals surface area contributed by atoms with Gasteiger partial charge in [-0.25, -0.2) is 0 Å². The van der Waals surface area contributed by atoms with Crippen molar-refractivity contribution in [2.24, 2.45) is 0 Å². The van der Waals surface area contributed by atoms with E-state index in [0.29, 0.717) is 13.2 Å². The Hall–Kier alpha value is -2.25. The number of aliphatic hydroxyl groups is 1. The number of carbonyl (C=O) groups is 1. The first-order chi connectivity index (χ1) is 13.5. The molecule has 0 saturated carbocycles. The number of ether oxygens (including phenoxy) is 3. The topological polar surface area (TPSA) is 77.0 Å². The Labute approximate surface area is 165 Å². The molecule has 1 saturated heterocycles. The van der Waals surface area contributed by atoms with Gasteiger partial charge in [-0.15, -0.1) is 0 Å². The molecule has 3 rings (SSSR count). The molecule has 0 radical (unpaired) electrons. The molecule has 28 heavy (non-hydrogen) atoms. The Morgan fingerprint density at radius 2 is 1.54 bits per heavy atom. The minimum absolute atomic E-state index is 0.239. The van der Waals surface area contributed by atoms with E-state index in [0.717, 1.165) is 11.1 Å². The van der Waals surface area contributed by atoms with Gasteiger partial charge in [0, 0.05) is 6.92 Å². The van der Waals surface area contributed by atoms with Crippen LogP contribution < -0.4 is 5.32 Å². The van der Waals surface area contributed by atoms with Gasteiger partial charge in [-0.05, 0) is 18.1 Å². The van der Waals surface area contributed by atoms with Crippen molar-refractivity contribution in [3.63, 3.8) is 0 Å². The monoisotopic (exact) mass is 385 g/mol. The van der Waals surface area contributed by atoms with Crippen LogP contribution in [0.25, 0.3) is 0 Å². The molecular formula is C22H27NO5. The largest absolute Gasteiger partial charge is 0.388 e. The number of amides is 1. The summed E-state index contributed by atoms with van der Waals surface area (Å²) in [5, 5.41) is 13.5. The third-order valence-corrected chi connectivity index (χ3v) is 4.73. The van der Waals surface area contributed by atoms with E-state index in [-0.39, 0.29) is 5.91 Å². The fourth-order valence-corrected chi connectivity index (χ4v) is 3.26. The van der Waals surface area contributed by atoms with Crippen LogP contribution in [0.3, 0.4) is 0 Å². The molecule has 0 aromatic heterocycles. The number of aliphatic hydroxyl groups excluding tert-OH is 1. The van der Waals surface area contributed by atoms with Gasteiger partial charge in [0.05, 0.1) is 19.3 Å². The quantitative estimate of drug-likeness (QED) is 0.765. The van der Waals surface area contributed by atoms with Crippen LogP contribution in [-0.4, -0.2) is 41.7 Å². The number of rotatable bonds is 7. The maximum atomic E-state index is 11.8. The summed E-state index contributed by atoms with van der Waals surface area (Å²) in [6, 6.07) is 18.8. The summed E-state index contributed by atoms with van der Waals surface area (Å²) in [5.74, 6) is -0.239. The molecular weight excluding hydrogens is 358 g/mol. The maximum absolute atomic E-state index is 11.8. The van der Waals surface area contributed by atoms with E-state index in [4.69, 9.17) is 14.2 Å². The van der Waals surface area contributed by atoms with E-state index in [2.05, 4.69) is 5.32 Å². The highest BCUT2D eigenvalue weighted by molar-refractivity contribution is 5.73. The zero-order valence-corrected chi connectivity index (χ0v) is 16.2. The molecule has 1 aliphatic heterocycles. The molecule has 2 N–H and O–H groups in total. The van der Waals surface area contributed by atoms with Gasteiger partial charge in [0.2, 0.25) is 5.91 Å². The van der Waals surface area contributed by atoms with Gasteiger partial charge < -0.3 is 24.6 Å². The molecule has 0 spiro atoms. The molecule has 2 aromatic carbocycles. The number of benzene rings is 2. The van der Waals surface area contributed by atoms with E-state index < -0.39 is 30.6 Å². The van der Waals surface area contributed by atoms with E-state index in [9.17, 15) is 9.90 Å². The Balaban J connectivity index is 1.73. The third-order valence-electron chi connectivity index (χ3n) is 4.73.